The molecule has 1 aromatic heterocycles. The number of carbonyl (C=O) groups excluding carboxylic acids is 1. The molecule has 0 aliphatic rings. The van der Waals surface area contributed by atoms with E-state index in [1.165, 1.54) is 35.2 Å². The van der Waals surface area contributed by atoms with Crippen molar-refractivity contribution in [2.45, 2.75) is 10.1 Å². The van der Waals surface area contributed by atoms with Crippen LogP contribution in [0.5, 0.6) is 0 Å². The Kier molecular flexibility index (Phi) is 5.07. The number of primary amides is 1. The molecule has 0 fully saturated rings. The highest BCUT2D eigenvalue weighted by Gasteiger charge is 2.07. The fraction of sp³-hybridized carbons (Fsp3) is 0.0625. The van der Waals surface area contributed by atoms with Crippen LogP contribution in [0.2, 0.25) is 0 Å². The molecule has 1 heterocycles. The average Bonchev–Trinajstić information content (AvgIpc) is 3.01. The van der Waals surface area contributed by atoms with Crippen LogP contribution in [0.15, 0.2) is 52.9 Å². The standard InChI is InChI=1S/C16H13FN4OS2/c17-12-5-2-6-13(8-12)19-15-20-21-16(24-15)23-9-10-3-1-4-11(7-10)14(18)22/h1-8H,9H2,(H2,18,22)(H,19,20). The zero-order chi connectivity index (χ0) is 16.9. The smallest absolute Gasteiger partial charge is 0.248 e. The van der Waals surface area contributed by atoms with Gasteiger partial charge in [0.25, 0.3) is 0 Å². The number of anilines is 2. The van der Waals surface area contributed by atoms with Gasteiger partial charge in [0.15, 0.2) is 4.34 Å². The van der Waals surface area contributed by atoms with E-state index in [2.05, 4.69) is 15.5 Å². The number of benzene rings is 2. The van der Waals surface area contributed by atoms with Crippen LogP contribution in [-0.4, -0.2) is 16.1 Å². The number of hydrogen-bond acceptors (Lipinski definition) is 6. The summed E-state index contributed by atoms with van der Waals surface area (Å²) >= 11 is 2.89. The van der Waals surface area contributed by atoms with Crippen LogP contribution in [0.1, 0.15) is 15.9 Å². The molecule has 5 nitrogen and oxygen atoms in total. The lowest BCUT2D eigenvalue weighted by Crippen LogP contribution is -2.10. The van der Waals surface area contributed by atoms with Gasteiger partial charge in [-0.2, -0.15) is 0 Å². The van der Waals surface area contributed by atoms with E-state index < -0.39 is 5.91 Å². The van der Waals surface area contributed by atoms with Crippen molar-refractivity contribution in [1.82, 2.24) is 10.2 Å². The second-order valence-electron chi connectivity index (χ2n) is 4.86. The van der Waals surface area contributed by atoms with E-state index in [4.69, 9.17) is 5.73 Å². The lowest BCUT2D eigenvalue weighted by molar-refractivity contribution is 0.1000. The number of hydrogen-bond donors (Lipinski definition) is 2. The number of nitrogens with two attached hydrogens (primary N) is 1. The highest BCUT2D eigenvalue weighted by molar-refractivity contribution is 8.00. The Labute approximate surface area is 146 Å². The fourth-order valence-electron chi connectivity index (χ4n) is 1.97. The summed E-state index contributed by atoms with van der Waals surface area (Å²) in [5, 5.41) is 11.7. The summed E-state index contributed by atoms with van der Waals surface area (Å²) in [6.45, 7) is 0. The van der Waals surface area contributed by atoms with E-state index in [1.54, 1.807) is 30.3 Å². The van der Waals surface area contributed by atoms with E-state index in [0.717, 1.165) is 9.90 Å². The first-order chi connectivity index (χ1) is 11.6. The van der Waals surface area contributed by atoms with E-state index in [-0.39, 0.29) is 5.82 Å². The average molecular weight is 360 g/mol. The van der Waals surface area contributed by atoms with Crippen molar-refractivity contribution in [2.24, 2.45) is 5.73 Å². The largest absolute Gasteiger partial charge is 0.366 e. The first-order valence-corrected chi connectivity index (χ1v) is 8.78. The van der Waals surface area contributed by atoms with Gasteiger partial charge in [-0.1, -0.05) is 41.3 Å². The Morgan fingerprint density at radius 2 is 2.04 bits per heavy atom. The Morgan fingerprint density at radius 3 is 2.83 bits per heavy atom. The van der Waals surface area contributed by atoms with Gasteiger partial charge in [-0.3, -0.25) is 4.79 Å². The molecule has 0 atom stereocenters. The molecule has 24 heavy (non-hydrogen) atoms. The predicted molar refractivity (Wildman–Crippen MR) is 94.1 cm³/mol. The topological polar surface area (TPSA) is 80.9 Å². The zero-order valence-corrected chi connectivity index (χ0v) is 14.0. The maximum absolute atomic E-state index is 13.2. The fourth-order valence-corrected chi connectivity index (χ4v) is 3.68. The van der Waals surface area contributed by atoms with Gasteiger partial charge >= 0.3 is 0 Å². The minimum absolute atomic E-state index is 0.312. The summed E-state index contributed by atoms with van der Waals surface area (Å²) in [6, 6.07) is 13.3. The Hall–Kier alpha value is -2.45. The van der Waals surface area contributed by atoms with Gasteiger partial charge in [-0.25, -0.2) is 4.39 Å². The minimum Gasteiger partial charge on any atom is -0.366 e. The van der Waals surface area contributed by atoms with E-state index in [9.17, 15) is 9.18 Å². The summed E-state index contributed by atoms with van der Waals surface area (Å²) in [7, 11) is 0. The third-order valence-corrected chi connectivity index (χ3v) is 5.10. The van der Waals surface area contributed by atoms with E-state index >= 15 is 0 Å². The van der Waals surface area contributed by atoms with Crippen molar-refractivity contribution in [3.8, 4) is 0 Å². The minimum atomic E-state index is -0.445. The van der Waals surface area contributed by atoms with Gasteiger partial charge in [0.1, 0.15) is 5.82 Å². The van der Waals surface area contributed by atoms with E-state index in [1.807, 2.05) is 6.07 Å². The number of nitrogens with zero attached hydrogens (tertiary/aromatic N) is 2. The number of halogens is 1. The van der Waals surface area contributed by atoms with Gasteiger partial charge in [-0.15, -0.1) is 10.2 Å². The molecule has 122 valence electrons. The van der Waals surface area contributed by atoms with Crippen LogP contribution >= 0.6 is 23.1 Å². The van der Waals surface area contributed by atoms with Gasteiger partial charge < -0.3 is 11.1 Å². The van der Waals surface area contributed by atoms with Crippen LogP contribution in [0, 0.1) is 5.82 Å². The summed E-state index contributed by atoms with van der Waals surface area (Å²) in [4.78, 5) is 11.2. The van der Waals surface area contributed by atoms with Crippen LogP contribution in [0.25, 0.3) is 0 Å². The molecule has 0 saturated heterocycles. The molecule has 2 aromatic carbocycles. The van der Waals surface area contributed by atoms with Crippen LogP contribution in [0.4, 0.5) is 15.2 Å². The maximum atomic E-state index is 13.2. The summed E-state index contributed by atoms with van der Waals surface area (Å²) in [5.41, 5.74) is 7.36. The highest BCUT2D eigenvalue weighted by atomic mass is 32.2. The Balaban J connectivity index is 1.62. The third-order valence-electron chi connectivity index (χ3n) is 3.06. The molecule has 0 bridgehead atoms. The molecule has 0 unspecified atom stereocenters. The molecular weight excluding hydrogens is 347 g/mol. The number of nitrogens with one attached hydrogen (secondary N) is 1. The molecule has 0 spiro atoms. The monoisotopic (exact) mass is 360 g/mol. The van der Waals surface area contributed by atoms with Gasteiger partial charge in [0.05, 0.1) is 0 Å². The molecular formula is C16H13FN4OS2. The number of aromatic nitrogens is 2. The first kappa shape index (κ1) is 16.4. The van der Waals surface area contributed by atoms with Crippen LogP contribution in [0.3, 0.4) is 0 Å². The molecule has 0 saturated carbocycles. The maximum Gasteiger partial charge on any atom is 0.248 e. The quantitative estimate of drug-likeness (QED) is 0.653. The van der Waals surface area contributed by atoms with Crippen LogP contribution in [-0.2, 0) is 5.75 Å². The lowest BCUT2D eigenvalue weighted by atomic mass is 10.1. The second-order valence-corrected chi connectivity index (χ2v) is 7.06. The van der Waals surface area contributed by atoms with E-state index in [0.29, 0.717) is 22.1 Å². The van der Waals surface area contributed by atoms with Gasteiger partial charge in [-0.05, 0) is 35.9 Å². The molecule has 0 aliphatic heterocycles. The normalized spacial score (nSPS) is 10.5. The summed E-state index contributed by atoms with van der Waals surface area (Å²) < 4.78 is 13.9. The Morgan fingerprint density at radius 1 is 1.21 bits per heavy atom. The molecule has 3 rings (SSSR count). The van der Waals surface area contributed by atoms with Crippen molar-refractivity contribution >= 4 is 39.8 Å². The number of thioether (sulfide) groups is 1. The van der Waals surface area contributed by atoms with Gasteiger partial charge in [0.2, 0.25) is 11.0 Å². The highest BCUT2D eigenvalue weighted by Crippen LogP contribution is 2.30. The van der Waals surface area contributed by atoms with Crippen molar-refractivity contribution in [2.75, 3.05) is 5.32 Å². The third kappa shape index (κ3) is 4.30. The lowest BCUT2D eigenvalue weighted by Gasteiger charge is -2.01. The SMILES string of the molecule is NC(=O)c1cccc(CSc2nnc(Nc3cccc(F)c3)s2)c1. The number of carbonyl (C=O) groups is 1. The number of rotatable bonds is 6. The van der Waals surface area contributed by atoms with Crippen molar-refractivity contribution in [3.05, 3.63) is 65.5 Å². The van der Waals surface area contributed by atoms with Gasteiger partial charge in [0, 0.05) is 17.0 Å². The molecule has 0 aliphatic carbocycles. The molecule has 3 N–H and O–H groups in total. The first-order valence-electron chi connectivity index (χ1n) is 6.98. The van der Waals surface area contributed by atoms with Crippen molar-refractivity contribution in [1.29, 1.82) is 0 Å². The second kappa shape index (κ2) is 7.41. The van der Waals surface area contributed by atoms with Crippen molar-refractivity contribution < 1.29 is 9.18 Å². The predicted octanol–water partition coefficient (Wildman–Crippen LogP) is 3.81. The Bertz CT molecular complexity index is 869. The summed E-state index contributed by atoms with van der Waals surface area (Å²) in [6.07, 6.45) is 0. The summed E-state index contributed by atoms with van der Waals surface area (Å²) in [5.74, 6) is -0.108. The molecule has 1 amide bonds. The molecule has 0 radical (unpaired) electrons. The van der Waals surface area contributed by atoms with Crippen LogP contribution < -0.4 is 11.1 Å². The zero-order valence-electron chi connectivity index (χ0n) is 12.4. The molecule has 8 heteroatoms. The number of amides is 1. The molecule has 3 aromatic rings. The van der Waals surface area contributed by atoms with Crippen molar-refractivity contribution in [3.63, 3.8) is 0 Å².